The van der Waals surface area contributed by atoms with Crippen molar-refractivity contribution in [3.8, 4) is 0 Å². The van der Waals surface area contributed by atoms with Crippen molar-refractivity contribution < 1.29 is 5.11 Å². The minimum absolute atomic E-state index is 0.455. The molecule has 0 aromatic carbocycles. The lowest BCUT2D eigenvalue weighted by Gasteiger charge is -2.36. The Hall–Kier alpha value is -0.710. The molecule has 0 unspecified atom stereocenters. The summed E-state index contributed by atoms with van der Waals surface area (Å²) in [4.78, 5) is 4.25. The van der Waals surface area contributed by atoms with Crippen LogP contribution >= 0.6 is 23.2 Å². The van der Waals surface area contributed by atoms with Crippen molar-refractivity contribution in [3.05, 3.63) is 16.1 Å². The van der Waals surface area contributed by atoms with E-state index in [0.29, 0.717) is 28.2 Å². The van der Waals surface area contributed by atoms with Gasteiger partial charge in [-0.2, -0.15) is 0 Å². The molecule has 1 fully saturated rings. The topological polar surface area (TPSA) is 57.2 Å². The van der Waals surface area contributed by atoms with Crippen LogP contribution in [0.1, 0.15) is 19.3 Å². The zero-order chi connectivity index (χ0) is 12.5. The van der Waals surface area contributed by atoms with E-state index in [2.05, 4.69) is 15.6 Å². The van der Waals surface area contributed by atoms with Gasteiger partial charge in [0, 0.05) is 13.6 Å². The summed E-state index contributed by atoms with van der Waals surface area (Å²) in [5.41, 5.74) is -0.607. The van der Waals surface area contributed by atoms with Gasteiger partial charge in [0.25, 0.3) is 0 Å². The second-order valence-corrected chi connectivity index (χ2v) is 5.15. The van der Waals surface area contributed by atoms with Gasteiger partial charge in [-0.15, -0.1) is 0 Å². The highest BCUT2D eigenvalue weighted by Crippen LogP contribution is 2.33. The summed E-state index contributed by atoms with van der Waals surface area (Å²) in [7, 11) is 1.74. The van der Waals surface area contributed by atoms with Gasteiger partial charge in [0.15, 0.2) is 0 Å². The monoisotopic (exact) mass is 275 g/mol. The normalized spacial score (nSPS) is 17.4. The van der Waals surface area contributed by atoms with Gasteiger partial charge in [-0.1, -0.05) is 23.2 Å². The predicted octanol–water partition coefficient (Wildman–Crippen LogP) is 2.76. The Kier molecular flexibility index (Phi) is 3.66. The van der Waals surface area contributed by atoms with E-state index in [1.807, 2.05) is 0 Å². The van der Waals surface area contributed by atoms with Crippen molar-refractivity contribution in [2.75, 3.05) is 24.2 Å². The van der Waals surface area contributed by atoms with Crippen LogP contribution in [0.3, 0.4) is 0 Å². The quantitative estimate of drug-likeness (QED) is 0.791. The molecule has 94 valence electrons. The zero-order valence-electron chi connectivity index (χ0n) is 9.56. The van der Waals surface area contributed by atoms with E-state index in [-0.39, 0.29) is 0 Å². The van der Waals surface area contributed by atoms with Gasteiger partial charge < -0.3 is 15.7 Å². The van der Waals surface area contributed by atoms with Gasteiger partial charge in [-0.05, 0) is 25.3 Å². The van der Waals surface area contributed by atoms with Gasteiger partial charge in [0.2, 0.25) is 0 Å². The summed E-state index contributed by atoms with van der Waals surface area (Å²) in [6.07, 6.45) is 2.72. The molecule has 4 nitrogen and oxygen atoms in total. The van der Waals surface area contributed by atoms with Crippen LogP contribution in [-0.4, -0.2) is 29.3 Å². The van der Waals surface area contributed by atoms with Crippen molar-refractivity contribution in [3.63, 3.8) is 0 Å². The molecule has 1 aromatic rings. The number of aliphatic hydroxyl groups is 1. The molecule has 1 aliphatic carbocycles. The van der Waals surface area contributed by atoms with Crippen LogP contribution in [0, 0.1) is 0 Å². The molecule has 1 aliphatic rings. The third kappa shape index (κ3) is 2.76. The van der Waals surface area contributed by atoms with Gasteiger partial charge in [0.05, 0.1) is 15.6 Å². The fraction of sp³-hybridized carbons (Fsp3) is 0.545. The molecule has 2 rings (SSSR count). The maximum absolute atomic E-state index is 9.97. The Bertz CT molecular complexity index is 421. The molecule has 0 spiro atoms. The molecule has 17 heavy (non-hydrogen) atoms. The van der Waals surface area contributed by atoms with Crippen LogP contribution in [0.25, 0.3) is 0 Å². The molecule has 1 aromatic heterocycles. The molecule has 0 bridgehead atoms. The van der Waals surface area contributed by atoms with Crippen LogP contribution in [-0.2, 0) is 0 Å². The lowest BCUT2D eigenvalue weighted by atomic mass is 9.80. The molecule has 0 radical (unpaired) electrons. The zero-order valence-corrected chi connectivity index (χ0v) is 11.1. The fourth-order valence-corrected chi connectivity index (χ4v) is 2.30. The van der Waals surface area contributed by atoms with Crippen molar-refractivity contribution >= 4 is 34.8 Å². The van der Waals surface area contributed by atoms with Gasteiger partial charge >= 0.3 is 0 Å². The molecule has 1 saturated carbocycles. The number of nitrogens with one attached hydrogen (secondary N) is 2. The Balaban J connectivity index is 2.09. The summed E-state index contributed by atoms with van der Waals surface area (Å²) in [5.74, 6) is 1.11. The molecule has 0 saturated heterocycles. The molecule has 1 heterocycles. The number of aromatic nitrogens is 1. The Morgan fingerprint density at radius 3 is 2.53 bits per heavy atom. The third-order valence-corrected chi connectivity index (χ3v) is 3.61. The SMILES string of the molecule is CNc1nc(NCC2(O)CCC2)c(Cl)cc1Cl. The number of halogens is 2. The van der Waals surface area contributed by atoms with Crippen molar-refractivity contribution in [2.45, 2.75) is 24.9 Å². The summed E-state index contributed by atoms with van der Waals surface area (Å²) in [6, 6.07) is 1.63. The van der Waals surface area contributed by atoms with E-state index in [4.69, 9.17) is 23.2 Å². The minimum Gasteiger partial charge on any atom is -0.388 e. The molecule has 0 amide bonds. The van der Waals surface area contributed by atoms with Crippen molar-refractivity contribution in [1.82, 2.24) is 4.98 Å². The van der Waals surface area contributed by atoms with Crippen LogP contribution in [0.2, 0.25) is 10.0 Å². The van der Waals surface area contributed by atoms with E-state index in [9.17, 15) is 5.11 Å². The lowest BCUT2D eigenvalue weighted by molar-refractivity contribution is -0.0202. The Labute approximate surface area is 110 Å². The van der Waals surface area contributed by atoms with Crippen molar-refractivity contribution in [2.24, 2.45) is 0 Å². The van der Waals surface area contributed by atoms with Crippen LogP contribution in [0.4, 0.5) is 11.6 Å². The number of pyridine rings is 1. The Morgan fingerprint density at radius 1 is 1.35 bits per heavy atom. The Morgan fingerprint density at radius 2 is 2.00 bits per heavy atom. The van der Waals surface area contributed by atoms with Crippen LogP contribution in [0.15, 0.2) is 6.07 Å². The van der Waals surface area contributed by atoms with Crippen LogP contribution in [0.5, 0.6) is 0 Å². The first-order valence-electron chi connectivity index (χ1n) is 5.54. The lowest BCUT2D eigenvalue weighted by Crippen LogP contribution is -2.43. The summed E-state index contributed by atoms with van der Waals surface area (Å²) < 4.78 is 0. The highest BCUT2D eigenvalue weighted by molar-refractivity contribution is 6.37. The molecule has 0 aliphatic heterocycles. The maximum atomic E-state index is 9.97. The predicted molar refractivity (Wildman–Crippen MR) is 71.1 cm³/mol. The first-order valence-corrected chi connectivity index (χ1v) is 6.30. The molecular formula is C11H15Cl2N3O. The fourth-order valence-electron chi connectivity index (χ4n) is 1.78. The van der Waals surface area contributed by atoms with E-state index in [1.165, 1.54) is 0 Å². The second kappa shape index (κ2) is 4.88. The molecule has 3 N–H and O–H groups in total. The van der Waals surface area contributed by atoms with E-state index in [1.54, 1.807) is 13.1 Å². The molecular weight excluding hydrogens is 261 g/mol. The smallest absolute Gasteiger partial charge is 0.147 e. The number of hydrogen-bond donors (Lipinski definition) is 3. The minimum atomic E-state index is -0.607. The second-order valence-electron chi connectivity index (χ2n) is 4.33. The van der Waals surface area contributed by atoms with E-state index >= 15 is 0 Å². The number of nitrogens with zero attached hydrogens (tertiary/aromatic N) is 1. The van der Waals surface area contributed by atoms with E-state index < -0.39 is 5.60 Å². The van der Waals surface area contributed by atoms with Crippen molar-refractivity contribution in [1.29, 1.82) is 0 Å². The first-order chi connectivity index (χ1) is 8.04. The number of rotatable bonds is 4. The average molecular weight is 276 g/mol. The summed E-state index contributed by atoms with van der Waals surface area (Å²) in [6.45, 7) is 0.463. The van der Waals surface area contributed by atoms with Crippen LogP contribution < -0.4 is 10.6 Å². The van der Waals surface area contributed by atoms with Gasteiger partial charge in [-0.3, -0.25) is 0 Å². The average Bonchev–Trinajstić information content (AvgIpc) is 2.25. The first kappa shape index (κ1) is 12.7. The van der Waals surface area contributed by atoms with E-state index in [0.717, 1.165) is 19.3 Å². The maximum Gasteiger partial charge on any atom is 0.147 e. The largest absolute Gasteiger partial charge is 0.388 e. The molecule has 0 atom stereocenters. The third-order valence-electron chi connectivity index (χ3n) is 3.04. The standard InChI is InChI=1S/C11H15Cl2N3O/c1-14-9-7(12)5-8(13)10(16-9)15-6-11(17)3-2-4-11/h5,17H,2-4,6H2,1H3,(H2,14,15,16). The highest BCUT2D eigenvalue weighted by Gasteiger charge is 2.34. The summed E-state index contributed by atoms with van der Waals surface area (Å²) >= 11 is 12.0. The van der Waals surface area contributed by atoms with Gasteiger partial charge in [-0.25, -0.2) is 4.98 Å². The summed E-state index contributed by atoms with van der Waals surface area (Å²) in [5, 5.41) is 16.9. The molecule has 6 heteroatoms. The number of anilines is 2. The van der Waals surface area contributed by atoms with Gasteiger partial charge in [0.1, 0.15) is 11.6 Å². The highest BCUT2D eigenvalue weighted by atomic mass is 35.5. The number of hydrogen-bond acceptors (Lipinski definition) is 4.